The van der Waals surface area contributed by atoms with Crippen LogP contribution in [-0.2, 0) is 0 Å². The molecule has 1 heterocycles. The zero-order valence-electron chi connectivity index (χ0n) is 6.25. The molecular weight excluding hydrogens is 307 g/mol. The van der Waals surface area contributed by atoms with Gasteiger partial charge in [-0.2, -0.15) is 0 Å². The second-order valence-corrected chi connectivity index (χ2v) is 5.49. The van der Waals surface area contributed by atoms with E-state index < -0.39 is 0 Å². The number of nitrogens with zero attached hydrogens (tertiary/aromatic N) is 1. The van der Waals surface area contributed by atoms with Crippen molar-refractivity contribution in [1.29, 1.82) is 0 Å². The molecule has 0 unspecified atom stereocenters. The van der Waals surface area contributed by atoms with Crippen molar-refractivity contribution in [2.75, 3.05) is 0 Å². The van der Waals surface area contributed by atoms with Crippen LogP contribution in [0.1, 0.15) is 0 Å². The molecule has 0 aliphatic heterocycles. The second kappa shape index (κ2) is 3.85. The third kappa shape index (κ3) is 1.58. The molecule has 0 atom stereocenters. The lowest BCUT2D eigenvalue weighted by Gasteiger charge is -2.02. The summed E-state index contributed by atoms with van der Waals surface area (Å²) in [5, 5.41) is 1.04. The third-order valence-corrected chi connectivity index (χ3v) is 4.67. The minimum Gasteiger partial charge on any atom is -0.223 e. The van der Waals surface area contributed by atoms with Gasteiger partial charge in [0.15, 0.2) is 4.47 Å². The highest BCUT2D eigenvalue weighted by molar-refractivity contribution is 7.22. The van der Waals surface area contributed by atoms with Crippen LogP contribution < -0.4 is 0 Å². The number of hydrogen-bond acceptors (Lipinski definition) is 2. The molecule has 0 fully saturated rings. The molecule has 0 aliphatic carbocycles. The third-order valence-electron chi connectivity index (χ3n) is 1.59. The van der Waals surface area contributed by atoms with Gasteiger partial charge in [-0.15, -0.1) is 11.3 Å². The topological polar surface area (TPSA) is 12.9 Å². The number of thiazole rings is 1. The standard InChI is InChI=1S/C7Cl5NS/c8-1-2(9)4(11)6-5(3(1)10)13-7(12)14-6. The Bertz CT molecular complexity index is 476. The Morgan fingerprint density at radius 1 is 0.786 bits per heavy atom. The summed E-state index contributed by atoms with van der Waals surface area (Å²) in [5.41, 5.74) is 0.487. The molecule has 1 aromatic carbocycles. The van der Waals surface area contributed by atoms with E-state index in [1.807, 2.05) is 0 Å². The molecule has 7 heteroatoms. The Balaban J connectivity index is 3.01. The number of benzene rings is 1. The van der Waals surface area contributed by atoms with Gasteiger partial charge in [0.2, 0.25) is 0 Å². The lowest BCUT2D eigenvalue weighted by atomic mass is 10.3. The summed E-state index contributed by atoms with van der Waals surface area (Å²) in [6.07, 6.45) is 0. The monoisotopic (exact) mass is 305 g/mol. The van der Waals surface area contributed by atoms with Crippen molar-refractivity contribution in [3.8, 4) is 0 Å². The van der Waals surface area contributed by atoms with E-state index in [2.05, 4.69) is 4.98 Å². The highest BCUT2D eigenvalue weighted by Gasteiger charge is 2.18. The van der Waals surface area contributed by atoms with Crippen molar-refractivity contribution >= 4 is 79.6 Å². The van der Waals surface area contributed by atoms with Gasteiger partial charge < -0.3 is 0 Å². The summed E-state index contributed by atoms with van der Waals surface area (Å²) in [4.78, 5) is 4.00. The predicted molar refractivity (Wildman–Crippen MR) is 64.7 cm³/mol. The van der Waals surface area contributed by atoms with Crippen molar-refractivity contribution in [2.45, 2.75) is 0 Å². The Morgan fingerprint density at radius 3 is 2.00 bits per heavy atom. The largest absolute Gasteiger partial charge is 0.223 e. The van der Waals surface area contributed by atoms with E-state index in [0.717, 1.165) is 0 Å². The van der Waals surface area contributed by atoms with E-state index in [4.69, 9.17) is 58.0 Å². The number of fused-ring (bicyclic) bond motifs is 1. The van der Waals surface area contributed by atoms with Crippen LogP contribution in [0.2, 0.25) is 24.6 Å². The van der Waals surface area contributed by atoms with Crippen LogP contribution in [0.3, 0.4) is 0 Å². The molecule has 0 aliphatic rings. The molecule has 0 saturated heterocycles. The zero-order valence-corrected chi connectivity index (χ0v) is 10.8. The van der Waals surface area contributed by atoms with Gasteiger partial charge in [0.05, 0.1) is 24.8 Å². The molecule has 0 amide bonds. The van der Waals surface area contributed by atoms with Crippen LogP contribution in [0.5, 0.6) is 0 Å². The van der Waals surface area contributed by atoms with Crippen molar-refractivity contribution in [3.63, 3.8) is 0 Å². The van der Waals surface area contributed by atoms with Crippen molar-refractivity contribution in [1.82, 2.24) is 4.98 Å². The average molecular weight is 307 g/mol. The number of hydrogen-bond donors (Lipinski definition) is 0. The first-order valence-corrected chi connectivity index (χ1v) is 6.01. The molecule has 0 spiro atoms. The predicted octanol–water partition coefficient (Wildman–Crippen LogP) is 5.56. The zero-order chi connectivity index (χ0) is 10.5. The first kappa shape index (κ1) is 11.1. The van der Waals surface area contributed by atoms with E-state index in [1.54, 1.807) is 0 Å². The number of halogens is 5. The minimum atomic E-state index is 0.202. The van der Waals surface area contributed by atoms with Gasteiger partial charge in [0.25, 0.3) is 0 Å². The molecule has 2 rings (SSSR count). The molecule has 0 radical (unpaired) electrons. The lowest BCUT2D eigenvalue weighted by molar-refractivity contribution is 1.50. The summed E-state index contributed by atoms with van der Waals surface area (Å²) in [7, 11) is 0. The second-order valence-electron chi connectivity index (χ2n) is 2.40. The minimum absolute atomic E-state index is 0.202. The normalized spacial score (nSPS) is 11.2. The maximum Gasteiger partial charge on any atom is 0.184 e. The van der Waals surface area contributed by atoms with Crippen LogP contribution in [0, 0.1) is 0 Å². The first-order valence-electron chi connectivity index (χ1n) is 3.30. The Labute approximate surface area is 108 Å². The van der Waals surface area contributed by atoms with Gasteiger partial charge in [0, 0.05) is 0 Å². The fourth-order valence-corrected chi connectivity index (χ4v) is 3.16. The van der Waals surface area contributed by atoms with Crippen LogP contribution in [0.4, 0.5) is 0 Å². The van der Waals surface area contributed by atoms with E-state index in [9.17, 15) is 0 Å². The van der Waals surface area contributed by atoms with Gasteiger partial charge in [-0.1, -0.05) is 58.0 Å². The molecule has 0 N–H and O–H groups in total. The number of rotatable bonds is 0. The lowest BCUT2D eigenvalue weighted by Crippen LogP contribution is -1.78. The Kier molecular flexibility index (Phi) is 3.04. The van der Waals surface area contributed by atoms with E-state index >= 15 is 0 Å². The highest BCUT2D eigenvalue weighted by atomic mass is 35.5. The summed E-state index contributed by atoms with van der Waals surface area (Å²) in [5.74, 6) is 0. The highest BCUT2D eigenvalue weighted by Crippen LogP contribution is 2.45. The summed E-state index contributed by atoms with van der Waals surface area (Å²) < 4.78 is 0.998. The maximum atomic E-state index is 5.95. The van der Waals surface area contributed by atoms with Crippen LogP contribution >= 0.6 is 69.3 Å². The molecule has 1 aromatic heterocycles. The van der Waals surface area contributed by atoms with E-state index in [0.29, 0.717) is 19.7 Å². The molecule has 0 saturated carbocycles. The summed E-state index contributed by atoms with van der Waals surface area (Å²) >= 11 is 30.5. The fraction of sp³-hybridized carbons (Fsp3) is 0. The van der Waals surface area contributed by atoms with E-state index in [-0.39, 0.29) is 15.1 Å². The SMILES string of the molecule is Clc1nc2c(Cl)c(Cl)c(Cl)c(Cl)c2s1. The smallest absolute Gasteiger partial charge is 0.184 e. The van der Waals surface area contributed by atoms with Gasteiger partial charge in [-0.05, 0) is 0 Å². The molecule has 14 heavy (non-hydrogen) atoms. The van der Waals surface area contributed by atoms with Crippen molar-refractivity contribution in [2.24, 2.45) is 0 Å². The Morgan fingerprint density at radius 2 is 1.36 bits per heavy atom. The fourth-order valence-electron chi connectivity index (χ4n) is 0.988. The molecule has 1 nitrogen and oxygen atoms in total. The number of aromatic nitrogens is 1. The summed E-state index contributed by atoms with van der Waals surface area (Å²) in [6, 6.07) is 0. The summed E-state index contributed by atoms with van der Waals surface area (Å²) in [6.45, 7) is 0. The molecule has 2 aromatic rings. The first-order chi connectivity index (χ1) is 6.52. The van der Waals surface area contributed by atoms with Crippen molar-refractivity contribution in [3.05, 3.63) is 24.6 Å². The van der Waals surface area contributed by atoms with Crippen LogP contribution in [0.15, 0.2) is 0 Å². The molecular formula is C7Cl5NS. The van der Waals surface area contributed by atoms with Gasteiger partial charge >= 0.3 is 0 Å². The quantitative estimate of drug-likeness (QED) is 0.458. The van der Waals surface area contributed by atoms with Crippen LogP contribution in [-0.4, -0.2) is 4.98 Å². The Hall–Kier alpha value is 0.560. The van der Waals surface area contributed by atoms with Gasteiger partial charge in [-0.25, -0.2) is 4.98 Å². The molecule has 0 bridgehead atoms. The van der Waals surface area contributed by atoms with E-state index in [1.165, 1.54) is 11.3 Å². The average Bonchev–Trinajstić information content (AvgIpc) is 2.54. The van der Waals surface area contributed by atoms with Crippen LogP contribution in [0.25, 0.3) is 10.2 Å². The van der Waals surface area contributed by atoms with Crippen molar-refractivity contribution < 1.29 is 0 Å². The molecule has 74 valence electrons. The maximum absolute atomic E-state index is 5.95. The van der Waals surface area contributed by atoms with Gasteiger partial charge in [-0.3, -0.25) is 0 Å². The van der Waals surface area contributed by atoms with Gasteiger partial charge in [0.1, 0.15) is 5.52 Å².